The van der Waals surface area contributed by atoms with E-state index in [4.69, 9.17) is 0 Å². The number of hydrogen-bond acceptors (Lipinski definition) is 4. The van der Waals surface area contributed by atoms with Crippen LogP contribution < -0.4 is 10.3 Å². The molecular weight excluding hydrogens is 345 g/mol. The van der Waals surface area contributed by atoms with Gasteiger partial charge in [-0.05, 0) is 29.8 Å². The molecule has 1 N–H and O–H groups in total. The van der Waals surface area contributed by atoms with Gasteiger partial charge in [0.05, 0.1) is 23.0 Å². The van der Waals surface area contributed by atoms with Gasteiger partial charge in [0.25, 0.3) is 5.56 Å². The largest absolute Gasteiger partial charge is 0.298 e. The molecule has 0 aliphatic rings. The van der Waals surface area contributed by atoms with E-state index >= 15 is 0 Å². The Kier molecular flexibility index (Phi) is 4.91. The minimum absolute atomic E-state index is 0.00454. The molecule has 0 aliphatic heterocycles. The molecule has 0 aliphatic carbocycles. The average molecular weight is 361 g/mol. The Morgan fingerprint density at radius 3 is 2.56 bits per heavy atom. The second-order valence-corrected chi connectivity index (χ2v) is 7.45. The van der Waals surface area contributed by atoms with E-state index in [-0.39, 0.29) is 30.2 Å². The van der Waals surface area contributed by atoms with Crippen LogP contribution in [-0.2, 0) is 23.1 Å². The molecule has 1 heterocycles. The molecule has 3 rings (SSSR count). The van der Waals surface area contributed by atoms with Crippen molar-refractivity contribution in [1.82, 2.24) is 14.3 Å². The van der Waals surface area contributed by atoms with Crippen LogP contribution >= 0.6 is 0 Å². The van der Waals surface area contributed by atoms with Crippen LogP contribution in [0.2, 0.25) is 0 Å². The standard InChI is InChI=1S/C17H16FN3O3S/c18-14-7-5-13(6-8-14)11-20-25(23,24)10-9-21-12-19-16-4-2-1-3-15(16)17(21)22/h1-8,12,20H,9-11H2. The third-order valence-corrected chi connectivity index (χ3v) is 5.05. The zero-order valence-corrected chi connectivity index (χ0v) is 14.0. The number of fused-ring (bicyclic) bond motifs is 1. The van der Waals surface area contributed by atoms with Gasteiger partial charge in [-0.2, -0.15) is 0 Å². The van der Waals surface area contributed by atoms with E-state index in [9.17, 15) is 17.6 Å². The van der Waals surface area contributed by atoms with Crippen LogP contribution in [0.15, 0.2) is 59.7 Å². The van der Waals surface area contributed by atoms with Crippen LogP contribution in [0.1, 0.15) is 5.56 Å². The highest BCUT2D eigenvalue weighted by atomic mass is 32.2. The Balaban J connectivity index is 1.67. The van der Waals surface area contributed by atoms with Gasteiger partial charge in [0.2, 0.25) is 10.0 Å². The van der Waals surface area contributed by atoms with Crippen molar-refractivity contribution < 1.29 is 12.8 Å². The van der Waals surface area contributed by atoms with E-state index in [1.165, 1.54) is 35.2 Å². The summed E-state index contributed by atoms with van der Waals surface area (Å²) in [5.74, 6) is -0.636. The fourth-order valence-electron chi connectivity index (χ4n) is 2.35. The van der Waals surface area contributed by atoms with Crippen molar-refractivity contribution in [3.8, 4) is 0 Å². The molecule has 3 aromatic rings. The van der Waals surface area contributed by atoms with E-state index in [0.717, 1.165) is 0 Å². The number of rotatable bonds is 6. The second kappa shape index (κ2) is 7.12. The number of nitrogens with one attached hydrogen (secondary N) is 1. The summed E-state index contributed by atoms with van der Waals surface area (Å²) in [5.41, 5.74) is 0.940. The van der Waals surface area contributed by atoms with Gasteiger partial charge in [0, 0.05) is 13.1 Å². The maximum atomic E-state index is 12.8. The third kappa shape index (κ3) is 4.28. The second-order valence-electron chi connectivity index (χ2n) is 5.53. The summed E-state index contributed by atoms with van der Waals surface area (Å²) in [6, 6.07) is 12.4. The SMILES string of the molecule is O=c1c2ccccc2ncn1CCS(=O)(=O)NCc1ccc(F)cc1. The van der Waals surface area contributed by atoms with E-state index in [0.29, 0.717) is 16.5 Å². The summed E-state index contributed by atoms with van der Waals surface area (Å²) in [7, 11) is -3.59. The van der Waals surface area contributed by atoms with Gasteiger partial charge in [0.15, 0.2) is 0 Å². The predicted molar refractivity (Wildman–Crippen MR) is 93.0 cm³/mol. The molecule has 1 aromatic heterocycles. The van der Waals surface area contributed by atoms with Crippen LogP contribution in [0.25, 0.3) is 10.9 Å². The molecule has 0 saturated heterocycles. The topological polar surface area (TPSA) is 81.1 Å². The molecule has 0 unspecified atom stereocenters. The van der Waals surface area contributed by atoms with Crippen molar-refractivity contribution in [3.05, 3.63) is 76.6 Å². The van der Waals surface area contributed by atoms with Crippen molar-refractivity contribution in [1.29, 1.82) is 0 Å². The van der Waals surface area contributed by atoms with E-state index in [2.05, 4.69) is 9.71 Å². The number of aromatic nitrogens is 2. The maximum Gasteiger partial charge on any atom is 0.261 e. The molecule has 2 aromatic carbocycles. The van der Waals surface area contributed by atoms with Gasteiger partial charge < -0.3 is 0 Å². The Labute approximate surface area is 144 Å². The summed E-state index contributed by atoms with van der Waals surface area (Å²) in [5, 5.41) is 0.446. The maximum absolute atomic E-state index is 12.8. The van der Waals surface area contributed by atoms with Gasteiger partial charge in [-0.3, -0.25) is 9.36 Å². The minimum Gasteiger partial charge on any atom is -0.298 e. The van der Waals surface area contributed by atoms with Gasteiger partial charge in [0.1, 0.15) is 5.82 Å². The normalized spacial score (nSPS) is 11.7. The first-order chi connectivity index (χ1) is 11.9. The monoisotopic (exact) mass is 361 g/mol. The first-order valence-corrected chi connectivity index (χ1v) is 9.26. The van der Waals surface area contributed by atoms with Crippen molar-refractivity contribution in [2.24, 2.45) is 0 Å². The van der Waals surface area contributed by atoms with E-state index in [1.807, 2.05) is 0 Å². The Hall–Kier alpha value is -2.58. The highest BCUT2D eigenvalue weighted by Crippen LogP contribution is 2.05. The van der Waals surface area contributed by atoms with Crippen LogP contribution in [-0.4, -0.2) is 23.7 Å². The van der Waals surface area contributed by atoms with Crippen LogP contribution in [0.3, 0.4) is 0 Å². The number of hydrogen-bond donors (Lipinski definition) is 1. The number of aryl methyl sites for hydroxylation is 1. The molecule has 0 radical (unpaired) electrons. The quantitative estimate of drug-likeness (QED) is 0.724. The molecule has 6 nitrogen and oxygen atoms in total. The summed E-state index contributed by atoms with van der Waals surface area (Å²) in [6.07, 6.45) is 1.35. The number of benzene rings is 2. The highest BCUT2D eigenvalue weighted by Gasteiger charge is 2.12. The molecule has 0 bridgehead atoms. The van der Waals surface area contributed by atoms with Crippen LogP contribution in [0.5, 0.6) is 0 Å². The lowest BCUT2D eigenvalue weighted by molar-refractivity contribution is 0.572. The van der Waals surface area contributed by atoms with Crippen LogP contribution in [0.4, 0.5) is 4.39 Å². The van der Waals surface area contributed by atoms with Gasteiger partial charge in [-0.15, -0.1) is 0 Å². The fraction of sp³-hybridized carbons (Fsp3) is 0.176. The van der Waals surface area contributed by atoms with Gasteiger partial charge >= 0.3 is 0 Å². The van der Waals surface area contributed by atoms with Crippen molar-refractivity contribution >= 4 is 20.9 Å². The Morgan fingerprint density at radius 1 is 1.08 bits per heavy atom. The van der Waals surface area contributed by atoms with Crippen LogP contribution in [0, 0.1) is 5.82 Å². The number of halogens is 1. The zero-order chi connectivity index (χ0) is 17.9. The van der Waals surface area contributed by atoms with Gasteiger partial charge in [-0.25, -0.2) is 22.5 Å². The average Bonchev–Trinajstić information content (AvgIpc) is 2.61. The zero-order valence-electron chi connectivity index (χ0n) is 13.2. The first kappa shape index (κ1) is 17.2. The predicted octanol–water partition coefficient (Wildman–Crippen LogP) is 1.66. The van der Waals surface area contributed by atoms with E-state index in [1.54, 1.807) is 24.3 Å². The third-order valence-electron chi connectivity index (χ3n) is 3.74. The van der Waals surface area contributed by atoms with Crippen molar-refractivity contribution in [3.63, 3.8) is 0 Å². The number of nitrogens with zero attached hydrogens (tertiary/aromatic N) is 2. The lowest BCUT2D eigenvalue weighted by Gasteiger charge is -2.09. The number of sulfonamides is 1. The molecule has 25 heavy (non-hydrogen) atoms. The van der Waals surface area contributed by atoms with Crippen molar-refractivity contribution in [2.75, 3.05) is 5.75 Å². The summed E-state index contributed by atoms with van der Waals surface area (Å²) >= 11 is 0. The smallest absolute Gasteiger partial charge is 0.261 e. The molecule has 0 spiro atoms. The molecular formula is C17H16FN3O3S. The fourth-order valence-corrected chi connectivity index (χ4v) is 3.32. The molecule has 8 heteroatoms. The summed E-state index contributed by atoms with van der Waals surface area (Å²) in [4.78, 5) is 16.5. The Bertz CT molecular complexity index is 1050. The van der Waals surface area contributed by atoms with Gasteiger partial charge in [-0.1, -0.05) is 24.3 Å². The lowest BCUT2D eigenvalue weighted by Crippen LogP contribution is -2.31. The minimum atomic E-state index is -3.59. The molecule has 0 amide bonds. The Morgan fingerprint density at radius 2 is 1.80 bits per heavy atom. The molecule has 0 fully saturated rings. The number of para-hydroxylation sites is 1. The first-order valence-electron chi connectivity index (χ1n) is 7.60. The lowest BCUT2D eigenvalue weighted by atomic mass is 10.2. The van der Waals surface area contributed by atoms with Crippen molar-refractivity contribution in [2.45, 2.75) is 13.1 Å². The molecule has 0 atom stereocenters. The van der Waals surface area contributed by atoms with E-state index < -0.39 is 10.0 Å². The summed E-state index contributed by atoms with van der Waals surface area (Å²) < 4.78 is 40.8. The summed E-state index contributed by atoms with van der Waals surface area (Å²) in [6.45, 7) is 0.0584. The molecule has 0 saturated carbocycles. The highest BCUT2D eigenvalue weighted by molar-refractivity contribution is 7.89. The molecule has 130 valence electrons.